The molecule has 0 spiro atoms. The smallest absolute Gasteiger partial charge is 0.161 e. The number of fused-ring (bicyclic) bond motifs is 1. The molecule has 1 aromatic rings. The monoisotopic (exact) mass is 289 g/mol. The van der Waals surface area contributed by atoms with Gasteiger partial charge in [0.25, 0.3) is 0 Å². The van der Waals surface area contributed by atoms with Crippen LogP contribution in [0.5, 0.6) is 11.5 Å². The fourth-order valence-electron chi connectivity index (χ4n) is 3.52. The van der Waals surface area contributed by atoms with Crippen LogP contribution in [0.2, 0.25) is 0 Å². The molecule has 3 unspecified atom stereocenters. The van der Waals surface area contributed by atoms with Crippen LogP contribution in [0.15, 0.2) is 18.2 Å². The van der Waals surface area contributed by atoms with Crippen LogP contribution >= 0.6 is 0 Å². The average molecular weight is 289 g/mol. The summed E-state index contributed by atoms with van der Waals surface area (Å²) in [6, 6.07) is 7.01. The Morgan fingerprint density at radius 3 is 2.76 bits per heavy atom. The third kappa shape index (κ3) is 3.52. The highest BCUT2D eigenvalue weighted by atomic mass is 16.6. The first-order chi connectivity index (χ1) is 10.2. The van der Waals surface area contributed by atoms with E-state index in [1.165, 1.54) is 24.8 Å². The first kappa shape index (κ1) is 14.7. The second-order valence-corrected chi connectivity index (χ2v) is 6.56. The van der Waals surface area contributed by atoms with Crippen LogP contribution in [0.4, 0.5) is 0 Å². The number of ether oxygens (including phenoxy) is 2. The molecule has 0 radical (unpaired) electrons. The van der Waals surface area contributed by atoms with Gasteiger partial charge in [0.2, 0.25) is 0 Å². The molecule has 1 heterocycles. The molecule has 3 rings (SSSR count). The van der Waals surface area contributed by atoms with Gasteiger partial charge in [0.1, 0.15) is 13.2 Å². The predicted molar refractivity (Wildman–Crippen MR) is 85.1 cm³/mol. The van der Waals surface area contributed by atoms with Crippen molar-refractivity contribution in [1.82, 2.24) is 5.32 Å². The average Bonchev–Trinajstić information content (AvgIpc) is 2.51. The molecule has 3 atom stereocenters. The summed E-state index contributed by atoms with van der Waals surface area (Å²) in [6.07, 6.45) is 5.13. The second-order valence-electron chi connectivity index (χ2n) is 6.56. The molecule has 0 aromatic heterocycles. The van der Waals surface area contributed by atoms with E-state index in [0.29, 0.717) is 19.3 Å². The third-order valence-corrected chi connectivity index (χ3v) is 5.13. The van der Waals surface area contributed by atoms with E-state index in [1.54, 1.807) is 0 Å². The minimum absolute atomic E-state index is 0.658. The molecule has 1 aliphatic heterocycles. The van der Waals surface area contributed by atoms with Crippen molar-refractivity contribution in [3.63, 3.8) is 0 Å². The maximum Gasteiger partial charge on any atom is 0.161 e. The zero-order valence-electron chi connectivity index (χ0n) is 13.2. The van der Waals surface area contributed by atoms with Crippen LogP contribution in [-0.4, -0.2) is 25.8 Å². The number of hydrogen-bond acceptors (Lipinski definition) is 3. The minimum Gasteiger partial charge on any atom is -0.486 e. The van der Waals surface area contributed by atoms with E-state index in [9.17, 15) is 0 Å². The molecule has 1 aromatic carbocycles. The van der Waals surface area contributed by atoms with Crippen LogP contribution in [0.1, 0.15) is 38.7 Å². The Balaban J connectivity index is 1.51. The SMILES string of the molecule is CC1CCCC(NCCc2ccc3c(c2)OCCO3)C1C. The van der Waals surface area contributed by atoms with E-state index >= 15 is 0 Å². The molecule has 1 N–H and O–H groups in total. The molecule has 0 bridgehead atoms. The van der Waals surface area contributed by atoms with Crippen molar-refractivity contribution in [2.75, 3.05) is 19.8 Å². The topological polar surface area (TPSA) is 30.5 Å². The summed E-state index contributed by atoms with van der Waals surface area (Å²) in [6.45, 7) is 7.14. The summed E-state index contributed by atoms with van der Waals surface area (Å²) < 4.78 is 11.2. The molecule has 2 aliphatic rings. The molecule has 116 valence electrons. The van der Waals surface area contributed by atoms with Gasteiger partial charge in [-0.15, -0.1) is 0 Å². The summed E-state index contributed by atoms with van der Waals surface area (Å²) in [7, 11) is 0. The summed E-state index contributed by atoms with van der Waals surface area (Å²) in [5.41, 5.74) is 1.32. The quantitative estimate of drug-likeness (QED) is 0.921. The fraction of sp³-hybridized carbons (Fsp3) is 0.667. The molecule has 1 aliphatic carbocycles. The maximum absolute atomic E-state index is 5.65. The highest BCUT2D eigenvalue weighted by Gasteiger charge is 2.26. The molecule has 21 heavy (non-hydrogen) atoms. The molecular weight excluding hydrogens is 262 g/mol. The van der Waals surface area contributed by atoms with E-state index in [-0.39, 0.29) is 0 Å². The van der Waals surface area contributed by atoms with Gasteiger partial charge in [0.05, 0.1) is 0 Å². The third-order valence-electron chi connectivity index (χ3n) is 5.13. The predicted octanol–water partition coefficient (Wildman–Crippen LogP) is 3.41. The lowest BCUT2D eigenvalue weighted by Gasteiger charge is -2.34. The van der Waals surface area contributed by atoms with Gasteiger partial charge in [-0.1, -0.05) is 32.8 Å². The van der Waals surface area contributed by atoms with Crippen LogP contribution in [0, 0.1) is 11.8 Å². The molecule has 3 heteroatoms. The minimum atomic E-state index is 0.658. The largest absolute Gasteiger partial charge is 0.486 e. The van der Waals surface area contributed by atoms with Gasteiger partial charge in [-0.25, -0.2) is 0 Å². The van der Waals surface area contributed by atoms with Crippen molar-refractivity contribution in [1.29, 1.82) is 0 Å². The highest BCUT2D eigenvalue weighted by Crippen LogP contribution is 2.31. The standard InChI is InChI=1S/C18H27NO2/c1-13-4-3-5-16(14(13)2)19-9-8-15-6-7-17-18(12-15)21-11-10-20-17/h6-7,12-14,16,19H,3-5,8-11H2,1-2H3. The number of rotatable bonds is 4. The lowest BCUT2D eigenvalue weighted by Crippen LogP contribution is -2.41. The first-order valence-electron chi connectivity index (χ1n) is 8.36. The van der Waals surface area contributed by atoms with Gasteiger partial charge in [0.15, 0.2) is 11.5 Å². The Bertz CT molecular complexity index is 474. The van der Waals surface area contributed by atoms with Crippen LogP contribution < -0.4 is 14.8 Å². The molecule has 0 amide bonds. The lowest BCUT2D eigenvalue weighted by atomic mass is 9.78. The molecule has 3 nitrogen and oxygen atoms in total. The van der Waals surface area contributed by atoms with Gasteiger partial charge in [-0.05, 0) is 48.9 Å². The van der Waals surface area contributed by atoms with Crippen molar-refractivity contribution in [2.24, 2.45) is 11.8 Å². The van der Waals surface area contributed by atoms with E-state index in [2.05, 4.69) is 31.3 Å². The molecule has 1 fully saturated rings. The zero-order chi connectivity index (χ0) is 14.7. The van der Waals surface area contributed by atoms with E-state index < -0.39 is 0 Å². The Morgan fingerprint density at radius 1 is 1.10 bits per heavy atom. The van der Waals surface area contributed by atoms with E-state index in [0.717, 1.165) is 36.3 Å². The van der Waals surface area contributed by atoms with Crippen LogP contribution in [0.3, 0.4) is 0 Å². The van der Waals surface area contributed by atoms with Crippen LogP contribution in [0.25, 0.3) is 0 Å². The number of nitrogens with one attached hydrogen (secondary N) is 1. The zero-order valence-corrected chi connectivity index (χ0v) is 13.2. The number of benzene rings is 1. The Hall–Kier alpha value is -1.22. The maximum atomic E-state index is 5.65. The van der Waals surface area contributed by atoms with Crippen molar-refractivity contribution < 1.29 is 9.47 Å². The Labute approximate surface area is 128 Å². The van der Waals surface area contributed by atoms with Gasteiger partial charge in [-0.3, -0.25) is 0 Å². The first-order valence-corrected chi connectivity index (χ1v) is 8.36. The molecule has 0 saturated heterocycles. The number of hydrogen-bond donors (Lipinski definition) is 1. The van der Waals surface area contributed by atoms with Crippen molar-refractivity contribution in [2.45, 2.75) is 45.6 Å². The van der Waals surface area contributed by atoms with E-state index in [1.807, 2.05) is 6.07 Å². The fourth-order valence-corrected chi connectivity index (χ4v) is 3.52. The highest BCUT2D eigenvalue weighted by molar-refractivity contribution is 5.43. The lowest BCUT2D eigenvalue weighted by molar-refractivity contribution is 0.171. The van der Waals surface area contributed by atoms with Crippen LogP contribution in [-0.2, 0) is 6.42 Å². The van der Waals surface area contributed by atoms with Crippen molar-refractivity contribution in [3.8, 4) is 11.5 Å². The Morgan fingerprint density at radius 2 is 1.90 bits per heavy atom. The summed E-state index contributed by atoms with van der Waals surface area (Å²) in [5, 5.41) is 3.76. The molecular formula is C18H27NO2. The van der Waals surface area contributed by atoms with Gasteiger partial charge in [-0.2, -0.15) is 0 Å². The Kier molecular flexibility index (Phi) is 4.69. The van der Waals surface area contributed by atoms with Gasteiger partial charge in [0, 0.05) is 6.04 Å². The summed E-state index contributed by atoms with van der Waals surface area (Å²) >= 11 is 0. The summed E-state index contributed by atoms with van der Waals surface area (Å²) in [4.78, 5) is 0. The van der Waals surface area contributed by atoms with E-state index in [4.69, 9.17) is 9.47 Å². The molecule has 1 saturated carbocycles. The van der Waals surface area contributed by atoms with Gasteiger partial charge < -0.3 is 14.8 Å². The summed E-state index contributed by atoms with van der Waals surface area (Å²) in [5.74, 6) is 3.43. The van der Waals surface area contributed by atoms with Crippen molar-refractivity contribution in [3.05, 3.63) is 23.8 Å². The van der Waals surface area contributed by atoms with Crippen molar-refractivity contribution >= 4 is 0 Å². The normalized spacial score (nSPS) is 28.4. The second kappa shape index (κ2) is 6.69. The van der Waals surface area contributed by atoms with Gasteiger partial charge >= 0.3 is 0 Å².